The topological polar surface area (TPSA) is 101 Å². The lowest BCUT2D eigenvalue weighted by Crippen LogP contribution is -2.54. The van der Waals surface area contributed by atoms with Crippen LogP contribution in [0.3, 0.4) is 0 Å². The first-order chi connectivity index (χ1) is 9.00. The number of esters is 1. The highest BCUT2D eigenvalue weighted by Gasteiger charge is 2.42. The molecule has 1 unspecified atom stereocenters. The van der Waals surface area contributed by atoms with E-state index < -0.39 is 29.7 Å². The van der Waals surface area contributed by atoms with Crippen molar-refractivity contribution in [2.24, 2.45) is 0 Å². The molecular weight excluding hydrogens is 266 g/mol. The monoisotopic (exact) mass is 290 g/mol. The van der Waals surface area contributed by atoms with Crippen LogP contribution in [0.1, 0.15) is 25.7 Å². The number of ketones is 1. The Bertz CT molecular complexity index is 374. The molecule has 0 saturated carbocycles. The maximum absolute atomic E-state index is 12.1. The van der Waals surface area contributed by atoms with Crippen LogP contribution in [0.2, 0.25) is 0 Å². The lowest BCUT2D eigenvalue weighted by Gasteiger charge is -2.33. The molecule has 0 aliphatic rings. The lowest BCUT2D eigenvalue weighted by molar-refractivity contribution is -0.875. The number of Topliss-reactive ketones (excluding diaryl/α,β-unsaturated/α-hetero) is 1. The van der Waals surface area contributed by atoms with Crippen LogP contribution in [0.5, 0.6) is 0 Å². The molecule has 0 spiro atoms. The Morgan fingerprint density at radius 3 is 2.10 bits per heavy atom. The summed E-state index contributed by atoms with van der Waals surface area (Å²) < 4.78 is 4.71. The molecule has 0 aromatic heterocycles. The number of nitrogens with zero attached hydrogens (tertiary/aromatic N) is 1. The first-order valence-corrected chi connectivity index (χ1v) is 6.35. The predicted octanol–water partition coefficient (Wildman–Crippen LogP) is -0.189. The number of aliphatic hydroxyl groups is 1. The minimum absolute atomic E-state index is 0.00361. The number of carboxylic acids is 1. The number of aliphatic carboxylic acids is 1. The van der Waals surface area contributed by atoms with Gasteiger partial charge < -0.3 is 19.4 Å². The van der Waals surface area contributed by atoms with Gasteiger partial charge in [0.15, 0.2) is 11.4 Å². The number of hydrogen-bond acceptors (Lipinski definition) is 5. The first kappa shape index (κ1) is 18.5. The maximum Gasteiger partial charge on any atom is 0.306 e. The average Bonchev–Trinajstić information content (AvgIpc) is 2.24. The zero-order valence-corrected chi connectivity index (χ0v) is 12.5. The van der Waals surface area contributed by atoms with Gasteiger partial charge in [-0.15, -0.1) is 0 Å². The summed E-state index contributed by atoms with van der Waals surface area (Å²) in [6, 6.07) is 0. The van der Waals surface area contributed by atoms with Gasteiger partial charge in [-0.3, -0.25) is 14.4 Å². The molecule has 0 bridgehead atoms. The van der Waals surface area contributed by atoms with Gasteiger partial charge in [-0.1, -0.05) is 0 Å². The molecule has 7 heteroatoms. The number of carbonyl (C=O) groups excluding carboxylic acids is 2. The van der Waals surface area contributed by atoms with E-state index in [0.29, 0.717) is 0 Å². The Labute approximate surface area is 118 Å². The van der Waals surface area contributed by atoms with E-state index in [1.807, 2.05) is 0 Å². The highest BCUT2D eigenvalue weighted by molar-refractivity contribution is 5.91. The summed E-state index contributed by atoms with van der Waals surface area (Å²) in [5.41, 5.74) is -1.92. The molecule has 1 atom stereocenters. The SMILES string of the molecule is COC(=O)CCCC(=O)C(O)(CC(=O)O)C[N+](C)(C)C. The molecule has 0 aromatic rings. The maximum atomic E-state index is 12.1. The third kappa shape index (κ3) is 7.20. The molecule has 7 nitrogen and oxygen atoms in total. The van der Waals surface area contributed by atoms with Crippen LogP contribution in [0.25, 0.3) is 0 Å². The minimum Gasteiger partial charge on any atom is -0.481 e. The number of carboxylic acid groups (broad SMARTS) is 1. The number of rotatable bonds is 9. The number of ether oxygens (including phenoxy) is 1. The average molecular weight is 290 g/mol. The van der Waals surface area contributed by atoms with Gasteiger partial charge in [0.05, 0.1) is 34.7 Å². The van der Waals surface area contributed by atoms with Gasteiger partial charge >= 0.3 is 11.9 Å². The number of methoxy groups -OCH3 is 1. The fraction of sp³-hybridized carbons (Fsp3) is 0.769. The summed E-state index contributed by atoms with van der Waals surface area (Å²) in [6.07, 6.45) is -0.404. The fourth-order valence-corrected chi connectivity index (χ4v) is 2.01. The molecule has 0 aliphatic heterocycles. The second-order valence-corrected chi connectivity index (χ2v) is 5.90. The standard InChI is InChI=1S/C13H23NO6/c1-14(2,3)9-13(19,8-11(16)17)10(15)6-5-7-12(18)20-4/h19H,5-9H2,1-4H3/p+1. The highest BCUT2D eigenvalue weighted by atomic mass is 16.5. The van der Waals surface area contributed by atoms with E-state index in [1.54, 1.807) is 21.1 Å². The molecule has 0 fully saturated rings. The lowest BCUT2D eigenvalue weighted by atomic mass is 9.90. The zero-order valence-electron chi connectivity index (χ0n) is 12.5. The van der Waals surface area contributed by atoms with Gasteiger partial charge in [-0.25, -0.2) is 0 Å². The summed E-state index contributed by atoms with van der Waals surface area (Å²) >= 11 is 0. The number of carbonyl (C=O) groups is 3. The smallest absolute Gasteiger partial charge is 0.306 e. The van der Waals surface area contributed by atoms with Crippen LogP contribution in [-0.4, -0.2) is 72.8 Å². The molecule has 0 heterocycles. The van der Waals surface area contributed by atoms with Crippen molar-refractivity contribution in [2.45, 2.75) is 31.3 Å². The molecule has 0 aromatic carbocycles. The quantitative estimate of drug-likeness (QED) is 0.451. The van der Waals surface area contributed by atoms with Gasteiger partial charge in [0.25, 0.3) is 0 Å². The van der Waals surface area contributed by atoms with Gasteiger partial charge in [0.2, 0.25) is 0 Å². The van der Waals surface area contributed by atoms with Crippen LogP contribution >= 0.6 is 0 Å². The molecular formula is C13H24NO6+. The van der Waals surface area contributed by atoms with E-state index in [0.717, 1.165) is 0 Å². The van der Waals surface area contributed by atoms with Crippen LogP contribution < -0.4 is 0 Å². The summed E-state index contributed by atoms with van der Waals surface area (Å²) in [6.45, 7) is -0.00361. The highest BCUT2D eigenvalue weighted by Crippen LogP contribution is 2.19. The Balaban J connectivity index is 4.72. The second-order valence-electron chi connectivity index (χ2n) is 5.90. The first-order valence-electron chi connectivity index (χ1n) is 6.35. The van der Waals surface area contributed by atoms with E-state index in [1.165, 1.54) is 7.11 Å². The third-order valence-electron chi connectivity index (χ3n) is 2.71. The third-order valence-corrected chi connectivity index (χ3v) is 2.71. The predicted molar refractivity (Wildman–Crippen MR) is 71.0 cm³/mol. The molecule has 0 radical (unpaired) electrons. The Morgan fingerprint density at radius 2 is 1.70 bits per heavy atom. The number of hydrogen-bond donors (Lipinski definition) is 2. The Morgan fingerprint density at radius 1 is 1.15 bits per heavy atom. The minimum atomic E-state index is -1.92. The van der Waals surface area contributed by atoms with Crippen LogP contribution in [0.15, 0.2) is 0 Å². The largest absolute Gasteiger partial charge is 0.481 e. The molecule has 20 heavy (non-hydrogen) atoms. The van der Waals surface area contributed by atoms with E-state index in [9.17, 15) is 19.5 Å². The van der Waals surface area contributed by atoms with Crippen molar-refractivity contribution in [1.29, 1.82) is 0 Å². The molecule has 116 valence electrons. The van der Waals surface area contributed by atoms with Crippen molar-refractivity contribution in [1.82, 2.24) is 0 Å². The molecule has 0 amide bonds. The summed E-state index contributed by atoms with van der Waals surface area (Å²) in [5, 5.41) is 19.2. The van der Waals surface area contributed by atoms with Crippen molar-refractivity contribution >= 4 is 17.7 Å². The molecule has 0 rings (SSSR count). The Kier molecular flexibility index (Phi) is 6.81. The second kappa shape index (κ2) is 7.35. The van der Waals surface area contributed by atoms with Crippen molar-refractivity contribution in [2.75, 3.05) is 34.8 Å². The Hall–Kier alpha value is -1.47. The van der Waals surface area contributed by atoms with Crippen molar-refractivity contribution < 1.29 is 33.8 Å². The van der Waals surface area contributed by atoms with Crippen LogP contribution in [0.4, 0.5) is 0 Å². The van der Waals surface area contributed by atoms with E-state index in [4.69, 9.17) is 5.11 Å². The van der Waals surface area contributed by atoms with Gasteiger partial charge in [0, 0.05) is 12.8 Å². The van der Waals surface area contributed by atoms with Crippen LogP contribution in [-0.2, 0) is 19.1 Å². The van der Waals surface area contributed by atoms with Crippen molar-refractivity contribution in [3.8, 4) is 0 Å². The molecule has 0 saturated heterocycles. The van der Waals surface area contributed by atoms with Crippen molar-refractivity contribution in [3.05, 3.63) is 0 Å². The van der Waals surface area contributed by atoms with E-state index >= 15 is 0 Å². The van der Waals surface area contributed by atoms with Gasteiger partial charge in [-0.2, -0.15) is 0 Å². The van der Waals surface area contributed by atoms with Gasteiger partial charge in [0.1, 0.15) is 6.54 Å². The fourth-order valence-electron chi connectivity index (χ4n) is 2.01. The molecule has 0 aliphatic carbocycles. The van der Waals surface area contributed by atoms with E-state index in [-0.39, 0.29) is 30.3 Å². The normalized spacial score (nSPS) is 14.4. The number of likely N-dealkylation sites (N-methyl/N-ethyl adjacent to an activating group) is 1. The van der Waals surface area contributed by atoms with Crippen molar-refractivity contribution in [3.63, 3.8) is 0 Å². The van der Waals surface area contributed by atoms with Gasteiger partial charge in [-0.05, 0) is 6.42 Å². The summed E-state index contributed by atoms with van der Waals surface area (Å²) in [4.78, 5) is 33.9. The number of quaternary nitrogens is 1. The summed E-state index contributed by atoms with van der Waals surface area (Å²) in [5.74, 6) is -2.23. The van der Waals surface area contributed by atoms with Crippen LogP contribution in [0, 0.1) is 0 Å². The molecule has 2 N–H and O–H groups in total. The zero-order chi connectivity index (χ0) is 16.0. The summed E-state index contributed by atoms with van der Waals surface area (Å²) in [7, 11) is 6.53. The van der Waals surface area contributed by atoms with E-state index in [2.05, 4.69) is 4.74 Å².